The van der Waals surface area contributed by atoms with Crippen molar-refractivity contribution in [2.75, 3.05) is 6.54 Å². The molecule has 0 aliphatic carbocycles. The van der Waals surface area contributed by atoms with E-state index >= 15 is 0 Å². The van der Waals surface area contributed by atoms with Crippen molar-refractivity contribution >= 4 is 29.1 Å². The number of aliphatic imine (C=N–C) groups is 1. The minimum Gasteiger partial charge on any atom is -0.758 e. The Morgan fingerprint density at radius 2 is 1.89 bits per heavy atom. The number of non-ortho nitro benzene ring substituents is 1. The van der Waals surface area contributed by atoms with Crippen LogP contribution in [-0.2, 0) is 18.0 Å². The van der Waals surface area contributed by atoms with Gasteiger partial charge >= 0.3 is 0 Å². The number of benzene rings is 1. The Morgan fingerprint density at radius 3 is 2.41 bits per heavy atom. The molecule has 0 radical (unpaired) electrons. The molecule has 0 saturated carbocycles. The Kier molecular flexibility index (Phi) is 6.38. The van der Waals surface area contributed by atoms with Gasteiger partial charge in [-0.25, -0.2) is 0 Å². The number of nitro benzene ring substituents is 1. The molecule has 2 rings (SSSR count). The molecule has 1 aromatic carbocycles. The van der Waals surface area contributed by atoms with Gasteiger partial charge in [-0.05, 0) is 22.9 Å². The lowest BCUT2D eigenvalue weighted by Crippen LogP contribution is -2.48. The number of nitrogens with zero attached hydrogens (tertiary/aromatic N) is 3. The van der Waals surface area contributed by atoms with Crippen molar-refractivity contribution in [3.63, 3.8) is 0 Å². The van der Waals surface area contributed by atoms with E-state index in [4.69, 9.17) is 12.6 Å². The summed E-state index contributed by atoms with van der Waals surface area (Å²) in [6.07, 6.45) is 3.61. The van der Waals surface area contributed by atoms with Crippen LogP contribution in [0.2, 0.25) is 0 Å². The average molecular weight is 385 g/mol. The molecule has 7 heteroatoms. The lowest BCUT2D eigenvalue weighted by Gasteiger charge is -2.21. The average Bonchev–Trinajstić information content (AvgIpc) is 2.62. The number of Topliss-reactive ketones (excluding diaryl/α,β-unsaturated/α-hetero) is 1. The van der Waals surface area contributed by atoms with Gasteiger partial charge in [-0.1, -0.05) is 32.9 Å². The fourth-order valence-electron chi connectivity index (χ4n) is 2.66. The van der Waals surface area contributed by atoms with Crippen LogP contribution in [0.1, 0.15) is 49.7 Å². The van der Waals surface area contributed by atoms with Crippen molar-refractivity contribution in [2.45, 2.75) is 39.2 Å². The Hall–Kier alpha value is -2.67. The smallest absolute Gasteiger partial charge is 0.270 e. The Labute approximate surface area is 164 Å². The first-order valence-electron chi connectivity index (χ1n) is 8.66. The van der Waals surface area contributed by atoms with Gasteiger partial charge in [-0.3, -0.25) is 14.9 Å². The fourth-order valence-corrected chi connectivity index (χ4v) is 3.02. The summed E-state index contributed by atoms with van der Waals surface area (Å²) in [5.74, 6) is -0.325. The first-order chi connectivity index (χ1) is 12.6. The van der Waals surface area contributed by atoms with Crippen LogP contribution < -0.4 is 4.57 Å². The zero-order valence-electron chi connectivity index (χ0n) is 15.9. The second-order valence-electron chi connectivity index (χ2n) is 7.17. The van der Waals surface area contributed by atoms with E-state index < -0.39 is 11.0 Å². The summed E-state index contributed by atoms with van der Waals surface area (Å²) in [7, 11) is 0. The van der Waals surface area contributed by atoms with Crippen LogP contribution in [0.15, 0.2) is 53.8 Å². The summed E-state index contributed by atoms with van der Waals surface area (Å²) < 4.78 is 1.71. The van der Waals surface area contributed by atoms with Gasteiger partial charge in [-0.2, -0.15) is 4.57 Å². The van der Waals surface area contributed by atoms with E-state index in [9.17, 15) is 14.9 Å². The molecule has 1 heterocycles. The third-order valence-electron chi connectivity index (χ3n) is 4.15. The summed E-state index contributed by atoms with van der Waals surface area (Å²) in [6, 6.07) is 8.75. The van der Waals surface area contributed by atoms with E-state index in [1.807, 2.05) is 19.1 Å². The second kappa shape index (κ2) is 8.35. The molecule has 0 N–H and O–H groups in total. The van der Waals surface area contributed by atoms with Crippen LogP contribution in [0, 0.1) is 10.1 Å². The van der Waals surface area contributed by atoms with Crippen LogP contribution in [0.3, 0.4) is 0 Å². The molecule has 27 heavy (non-hydrogen) atoms. The van der Waals surface area contributed by atoms with Crippen molar-refractivity contribution in [3.05, 3.63) is 70.0 Å². The van der Waals surface area contributed by atoms with Crippen LogP contribution in [0.5, 0.6) is 0 Å². The third-order valence-corrected chi connectivity index (χ3v) is 4.51. The van der Waals surface area contributed by atoms with Crippen molar-refractivity contribution in [3.8, 4) is 0 Å². The lowest BCUT2D eigenvalue weighted by atomic mass is 9.88. The number of pyridine rings is 1. The van der Waals surface area contributed by atoms with E-state index in [2.05, 4.69) is 25.8 Å². The van der Waals surface area contributed by atoms with Gasteiger partial charge in [0.25, 0.3) is 5.69 Å². The largest absolute Gasteiger partial charge is 0.758 e. The van der Waals surface area contributed by atoms with Gasteiger partial charge < -0.3 is 17.6 Å². The van der Waals surface area contributed by atoms with Crippen molar-refractivity contribution in [2.24, 2.45) is 4.99 Å². The normalized spacial score (nSPS) is 13.3. The lowest BCUT2D eigenvalue weighted by molar-refractivity contribution is -0.692. The Balaban J connectivity index is 2.49. The maximum atomic E-state index is 13.1. The molecule has 1 unspecified atom stereocenters. The van der Waals surface area contributed by atoms with E-state index in [1.165, 1.54) is 18.2 Å². The highest BCUT2D eigenvalue weighted by atomic mass is 32.1. The molecular weight excluding hydrogens is 362 g/mol. The molecule has 142 valence electrons. The second-order valence-corrected chi connectivity index (χ2v) is 7.59. The minimum absolute atomic E-state index is 0.0209. The highest BCUT2D eigenvalue weighted by Gasteiger charge is 2.29. The predicted octanol–water partition coefficient (Wildman–Crippen LogP) is 3.57. The summed E-state index contributed by atoms with van der Waals surface area (Å²) in [6.45, 7) is 8.62. The van der Waals surface area contributed by atoms with E-state index in [1.54, 1.807) is 23.0 Å². The Morgan fingerprint density at radius 1 is 1.26 bits per heavy atom. The number of aromatic nitrogens is 1. The molecule has 0 spiro atoms. The Bertz CT molecular complexity index is 871. The van der Waals surface area contributed by atoms with Gasteiger partial charge in [0.2, 0.25) is 11.8 Å². The zero-order valence-corrected chi connectivity index (χ0v) is 16.7. The van der Waals surface area contributed by atoms with Gasteiger partial charge in [0.15, 0.2) is 12.4 Å². The van der Waals surface area contributed by atoms with Crippen molar-refractivity contribution in [1.29, 1.82) is 0 Å². The van der Waals surface area contributed by atoms with Gasteiger partial charge in [0, 0.05) is 36.4 Å². The summed E-state index contributed by atoms with van der Waals surface area (Å²) >= 11 is 5.38. The quantitative estimate of drug-likeness (QED) is 0.145. The van der Waals surface area contributed by atoms with Crippen LogP contribution in [0.4, 0.5) is 5.69 Å². The van der Waals surface area contributed by atoms with Gasteiger partial charge in [0.05, 0.1) is 4.92 Å². The molecule has 0 fully saturated rings. The van der Waals surface area contributed by atoms with Gasteiger partial charge in [0.1, 0.15) is 0 Å². The van der Waals surface area contributed by atoms with Crippen LogP contribution in [0.25, 0.3) is 0 Å². The van der Waals surface area contributed by atoms with Crippen LogP contribution >= 0.6 is 0 Å². The molecule has 0 aliphatic rings. The molecular formula is C20H23N3O3S. The molecule has 0 amide bonds. The first-order valence-corrected chi connectivity index (χ1v) is 9.07. The maximum absolute atomic E-state index is 13.1. The maximum Gasteiger partial charge on any atom is 0.270 e. The standard InChI is InChI=1S/C20H23N3O3S/c1-5-21-19(27)17(22-11-9-15(10-12-22)20(2,3)4)18(24)14-7-6-8-16(13-14)23(25)26/h6-13,17H,5H2,1-4H3. The van der Waals surface area contributed by atoms with Crippen LogP contribution in [-0.4, -0.2) is 22.3 Å². The molecule has 0 aliphatic heterocycles. The number of ketones is 1. The predicted molar refractivity (Wildman–Crippen MR) is 107 cm³/mol. The van der Waals surface area contributed by atoms with Crippen molar-refractivity contribution < 1.29 is 14.3 Å². The topological polar surface area (TPSA) is 76.4 Å². The number of carbonyl (C=O) groups excluding carboxylic acids is 1. The SMILES string of the molecule is CCN=C([S-])C(C(=O)c1cccc([N+](=O)[O-])c1)[n+]1ccc(C(C)(C)C)cc1. The number of hydrogen-bond donors (Lipinski definition) is 0. The molecule has 6 nitrogen and oxygen atoms in total. The van der Waals surface area contributed by atoms with E-state index in [0.717, 1.165) is 5.56 Å². The molecule has 0 bridgehead atoms. The van der Waals surface area contributed by atoms with E-state index in [-0.39, 0.29) is 27.5 Å². The van der Waals surface area contributed by atoms with E-state index in [0.29, 0.717) is 6.54 Å². The number of nitro groups is 1. The molecule has 1 aromatic heterocycles. The number of rotatable bonds is 6. The third kappa shape index (κ3) is 4.95. The monoisotopic (exact) mass is 385 g/mol. The molecule has 1 atom stereocenters. The minimum atomic E-state index is -0.823. The highest BCUT2D eigenvalue weighted by molar-refractivity contribution is 7.77. The summed E-state index contributed by atoms with van der Waals surface area (Å²) in [5.41, 5.74) is 1.20. The first kappa shape index (κ1) is 20.6. The van der Waals surface area contributed by atoms with Crippen molar-refractivity contribution in [1.82, 2.24) is 0 Å². The number of carbonyl (C=O) groups is 1. The fraction of sp³-hybridized carbons (Fsp3) is 0.350. The molecule has 2 aromatic rings. The van der Waals surface area contributed by atoms with Gasteiger partial charge in [-0.15, -0.1) is 0 Å². The molecule has 0 saturated heterocycles. The zero-order chi connectivity index (χ0) is 20.2. The number of hydrogen-bond acceptors (Lipinski definition) is 5. The summed E-state index contributed by atoms with van der Waals surface area (Å²) in [4.78, 5) is 27.9. The summed E-state index contributed by atoms with van der Waals surface area (Å²) in [5, 5.41) is 11.3. The highest BCUT2D eigenvalue weighted by Crippen LogP contribution is 2.21.